The van der Waals surface area contributed by atoms with Crippen molar-refractivity contribution in [3.63, 3.8) is 0 Å². The van der Waals surface area contributed by atoms with Gasteiger partial charge in [0.2, 0.25) is 0 Å². The summed E-state index contributed by atoms with van der Waals surface area (Å²) in [5.74, 6) is 0.839. The van der Waals surface area contributed by atoms with Gasteiger partial charge in [0.1, 0.15) is 11.5 Å². The minimum atomic E-state index is -0.161. The van der Waals surface area contributed by atoms with Crippen LogP contribution in [-0.4, -0.2) is 10.2 Å². The Morgan fingerprint density at radius 2 is 1.11 bits per heavy atom. The van der Waals surface area contributed by atoms with Crippen LogP contribution in [0.1, 0.15) is 140 Å². The summed E-state index contributed by atoms with van der Waals surface area (Å²) in [6.45, 7) is 19.8. The minimum absolute atomic E-state index is 0.0230. The Labute approximate surface area is 215 Å². The lowest BCUT2D eigenvalue weighted by Gasteiger charge is -2.41. The van der Waals surface area contributed by atoms with E-state index in [1.165, 1.54) is 24.0 Å². The van der Waals surface area contributed by atoms with Gasteiger partial charge < -0.3 is 10.2 Å². The Kier molecular flexibility index (Phi) is 8.04. The Bertz CT molecular complexity index is 955. The van der Waals surface area contributed by atoms with E-state index in [1.54, 1.807) is 0 Å². The highest BCUT2D eigenvalue weighted by Gasteiger charge is 2.45. The quantitative estimate of drug-likeness (QED) is 0.416. The summed E-state index contributed by atoms with van der Waals surface area (Å²) < 4.78 is 0. The second kappa shape index (κ2) is 10.2. The molecule has 2 aromatic carbocycles. The molecule has 0 saturated heterocycles. The first-order valence-corrected chi connectivity index (χ1v) is 14.0. The molecule has 2 N–H and O–H groups in total. The van der Waals surface area contributed by atoms with Gasteiger partial charge in [0.05, 0.1) is 0 Å². The van der Waals surface area contributed by atoms with Crippen LogP contribution in [0.25, 0.3) is 0 Å². The molecule has 35 heavy (non-hydrogen) atoms. The molecular weight excluding hydrogens is 428 g/mol. The molecule has 0 aromatic heterocycles. The molecule has 2 nitrogen and oxygen atoms in total. The van der Waals surface area contributed by atoms with Gasteiger partial charge in [-0.15, -0.1) is 0 Å². The topological polar surface area (TPSA) is 40.5 Å². The summed E-state index contributed by atoms with van der Waals surface area (Å²) in [6, 6.07) is 8.89. The summed E-state index contributed by atoms with van der Waals surface area (Å²) in [7, 11) is 0. The van der Waals surface area contributed by atoms with Crippen molar-refractivity contribution >= 4 is 0 Å². The predicted molar refractivity (Wildman–Crippen MR) is 150 cm³/mol. The zero-order valence-corrected chi connectivity index (χ0v) is 23.9. The highest BCUT2D eigenvalue weighted by atomic mass is 16.3. The van der Waals surface area contributed by atoms with Crippen molar-refractivity contribution in [1.29, 1.82) is 0 Å². The molecule has 1 aliphatic carbocycles. The van der Waals surface area contributed by atoms with Gasteiger partial charge >= 0.3 is 0 Å². The van der Waals surface area contributed by atoms with Crippen LogP contribution in [0.3, 0.4) is 0 Å². The first-order chi connectivity index (χ1) is 16.3. The highest BCUT2D eigenvalue weighted by molar-refractivity contribution is 5.57. The van der Waals surface area contributed by atoms with Gasteiger partial charge in [0.25, 0.3) is 0 Å². The van der Waals surface area contributed by atoms with Crippen LogP contribution in [0, 0.1) is 5.41 Å². The fourth-order valence-corrected chi connectivity index (χ4v) is 6.52. The van der Waals surface area contributed by atoms with Gasteiger partial charge in [-0.3, -0.25) is 0 Å². The predicted octanol–water partition coefficient (Wildman–Crippen LogP) is 9.31. The van der Waals surface area contributed by atoms with E-state index in [9.17, 15) is 10.2 Å². The van der Waals surface area contributed by atoms with Crippen LogP contribution in [0.2, 0.25) is 0 Å². The van der Waals surface area contributed by atoms with Gasteiger partial charge in [-0.2, -0.15) is 0 Å². The lowest BCUT2D eigenvalue weighted by molar-refractivity contribution is 0.223. The van der Waals surface area contributed by atoms with Gasteiger partial charge in [-0.05, 0) is 70.6 Å². The van der Waals surface area contributed by atoms with Crippen LogP contribution in [0.5, 0.6) is 11.5 Å². The molecule has 2 heteroatoms. The number of hydrogen-bond donors (Lipinski definition) is 2. The summed E-state index contributed by atoms with van der Waals surface area (Å²) in [5.41, 5.74) is 6.33. The molecule has 0 heterocycles. The molecule has 0 bridgehead atoms. The normalized spacial score (nSPS) is 16.3. The molecule has 1 fully saturated rings. The molecule has 194 valence electrons. The molecule has 0 unspecified atom stereocenters. The number of hydrogen-bond acceptors (Lipinski definition) is 2. The number of rotatable bonds is 7. The number of benzene rings is 2. The van der Waals surface area contributed by atoms with Gasteiger partial charge in [0, 0.05) is 17.0 Å². The first kappa shape index (κ1) is 27.6. The number of aryl methyl sites for hydroxylation is 2. The summed E-state index contributed by atoms with van der Waals surface area (Å²) in [5, 5.41) is 23.8. The average Bonchev–Trinajstić information content (AvgIpc) is 3.24. The van der Waals surface area contributed by atoms with Crippen molar-refractivity contribution < 1.29 is 10.2 Å². The Morgan fingerprint density at radius 3 is 1.43 bits per heavy atom. The minimum Gasteiger partial charge on any atom is -0.507 e. The zero-order chi connectivity index (χ0) is 26.2. The van der Waals surface area contributed by atoms with Gasteiger partial charge in [-0.1, -0.05) is 106 Å². The Morgan fingerprint density at radius 1 is 0.714 bits per heavy atom. The number of aromatic hydroxyl groups is 2. The smallest absolute Gasteiger partial charge is 0.123 e. The molecular formula is C33H50O2. The van der Waals surface area contributed by atoms with Gasteiger partial charge in [-0.25, -0.2) is 0 Å². The maximum absolute atomic E-state index is 11.9. The molecule has 0 radical (unpaired) electrons. The monoisotopic (exact) mass is 478 g/mol. The molecule has 2 aromatic rings. The van der Waals surface area contributed by atoms with E-state index < -0.39 is 0 Å². The maximum Gasteiger partial charge on any atom is 0.123 e. The first-order valence-electron chi connectivity index (χ1n) is 14.0. The van der Waals surface area contributed by atoms with E-state index in [4.69, 9.17) is 0 Å². The number of phenols is 2. The van der Waals surface area contributed by atoms with Crippen LogP contribution in [-0.2, 0) is 23.7 Å². The molecule has 1 aliphatic rings. The van der Waals surface area contributed by atoms with E-state index in [2.05, 4.69) is 86.6 Å². The zero-order valence-electron chi connectivity index (χ0n) is 23.9. The SMILES string of the molecule is CCCC1(C(c2cc(CC)cc(C(C)(C)C)c2O)c2cc(CC)cc(C(C)(C)C)c2O)CCCC1. The Hall–Kier alpha value is -1.96. The lowest BCUT2D eigenvalue weighted by Crippen LogP contribution is -2.29. The fourth-order valence-electron chi connectivity index (χ4n) is 6.52. The van der Waals surface area contributed by atoms with Crippen molar-refractivity contribution in [1.82, 2.24) is 0 Å². The second-order valence-corrected chi connectivity index (χ2v) is 13.1. The molecule has 3 rings (SSSR count). The Balaban J connectivity index is 2.45. The maximum atomic E-state index is 11.9. The van der Waals surface area contributed by atoms with Crippen LogP contribution in [0.4, 0.5) is 0 Å². The third-order valence-electron chi connectivity index (χ3n) is 8.41. The largest absolute Gasteiger partial charge is 0.507 e. The summed E-state index contributed by atoms with van der Waals surface area (Å²) >= 11 is 0. The van der Waals surface area contributed by atoms with Crippen molar-refractivity contribution in [2.24, 2.45) is 5.41 Å². The summed E-state index contributed by atoms with van der Waals surface area (Å²) in [6.07, 6.45) is 8.81. The van der Waals surface area contributed by atoms with Crippen molar-refractivity contribution in [3.05, 3.63) is 57.6 Å². The van der Waals surface area contributed by atoms with Crippen molar-refractivity contribution in [3.8, 4) is 11.5 Å². The molecule has 1 saturated carbocycles. The molecule has 0 atom stereocenters. The van der Waals surface area contributed by atoms with Crippen molar-refractivity contribution in [2.45, 2.75) is 130 Å². The lowest BCUT2D eigenvalue weighted by atomic mass is 9.63. The summed E-state index contributed by atoms with van der Waals surface area (Å²) in [4.78, 5) is 0. The molecule has 0 aliphatic heterocycles. The molecule has 0 amide bonds. The van der Waals surface area contributed by atoms with E-state index in [1.807, 2.05) is 0 Å². The third kappa shape index (κ3) is 5.42. The average molecular weight is 479 g/mol. The van der Waals surface area contributed by atoms with E-state index in [0.29, 0.717) is 11.5 Å². The van der Waals surface area contributed by atoms with E-state index in [-0.39, 0.29) is 22.2 Å². The van der Waals surface area contributed by atoms with Crippen LogP contribution < -0.4 is 0 Å². The third-order valence-corrected chi connectivity index (χ3v) is 8.41. The van der Waals surface area contributed by atoms with Crippen molar-refractivity contribution in [2.75, 3.05) is 0 Å². The standard InChI is InChI=1S/C33H50O2/c1-10-15-33(16-13-14-17-33)28(24-18-22(11-2)20-26(29(24)34)31(4,5)6)25-19-23(12-3)21-27(30(25)35)32(7,8)9/h18-21,28,34-35H,10-17H2,1-9H3. The fraction of sp³-hybridized carbons (Fsp3) is 0.636. The van der Waals surface area contributed by atoms with Gasteiger partial charge in [0.15, 0.2) is 0 Å². The van der Waals surface area contributed by atoms with Crippen LogP contribution >= 0.6 is 0 Å². The molecule has 0 spiro atoms. The van der Waals surface area contributed by atoms with Crippen LogP contribution in [0.15, 0.2) is 24.3 Å². The van der Waals surface area contributed by atoms with E-state index >= 15 is 0 Å². The second-order valence-electron chi connectivity index (χ2n) is 13.1. The number of phenolic OH excluding ortho intramolecular Hbond substituents is 2. The highest BCUT2D eigenvalue weighted by Crippen LogP contribution is 2.59. The van der Waals surface area contributed by atoms with E-state index in [0.717, 1.165) is 60.8 Å².